The maximum absolute atomic E-state index is 5.72. The largest absolute Gasteiger partial charge is 0.380 e. The zero-order valence-electron chi connectivity index (χ0n) is 19.4. The van der Waals surface area contributed by atoms with E-state index in [1.54, 1.807) is 0 Å². The second kappa shape index (κ2) is 9.58. The molecule has 0 saturated heterocycles. The number of nitrogens with zero attached hydrogens (tertiary/aromatic N) is 5. The summed E-state index contributed by atoms with van der Waals surface area (Å²) in [6, 6.07) is 2.50. The quantitative estimate of drug-likeness (QED) is 0.630. The van der Waals surface area contributed by atoms with Crippen LogP contribution in [0.1, 0.15) is 77.7 Å². The number of nitrogens with one attached hydrogen (secondary N) is 1. The molecule has 168 valence electrons. The van der Waals surface area contributed by atoms with Crippen molar-refractivity contribution in [2.24, 2.45) is 0 Å². The van der Waals surface area contributed by atoms with Gasteiger partial charge in [0.15, 0.2) is 5.82 Å². The Hall–Kier alpha value is -1.77. The zero-order valence-corrected chi connectivity index (χ0v) is 19.4. The molecule has 0 amide bonds. The van der Waals surface area contributed by atoms with Crippen molar-refractivity contribution in [2.75, 3.05) is 20.3 Å². The standard InChI is InChI=1S/C22H38N6O2/c1-7-30-15-14-28-20(24-25-26-28)19(17-10-13-27(16-17)21(2,3)4)23-18-8-11-22(5,29-6)12-9-18/h10,13,16,18-19,23H,7-9,11-12,14-15H2,1-6H3. The maximum atomic E-state index is 5.72. The van der Waals surface area contributed by atoms with E-state index in [1.807, 2.05) is 18.7 Å². The average Bonchev–Trinajstić information content (AvgIpc) is 3.38. The van der Waals surface area contributed by atoms with Gasteiger partial charge in [-0.2, -0.15) is 0 Å². The molecule has 2 aromatic rings. The lowest BCUT2D eigenvalue weighted by Crippen LogP contribution is -2.42. The Morgan fingerprint density at radius 2 is 2.03 bits per heavy atom. The molecular formula is C22H38N6O2. The van der Waals surface area contributed by atoms with Crippen LogP contribution in [0, 0.1) is 0 Å². The lowest BCUT2D eigenvalue weighted by atomic mass is 9.83. The maximum Gasteiger partial charge on any atom is 0.172 e. The van der Waals surface area contributed by atoms with Gasteiger partial charge in [0.2, 0.25) is 0 Å². The van der Waals surface area contributed by atoms with Crippen molar-refractivity contribution in [3.63, 3.8) is 0 Å². The summed E-state index contributed by atoms with van der Waals surface area (Å²) in [7, 11) is 1.82. The zero-order chi connectivity index (χ0) is 21.8. The minimum Gasteiger partial charge on any atom is -0.380 e. The molecule has 0 bridgehead atoms. The third-order valence-electron chi connectivity index (χ3n) is 6.23. The number of rotatable bonds is 9. The topological polar surface area (TPSA) is 79.0 Å². The van der Waals surface area contributed by atoms with Crippen molar-refractivity contribution in [1.82, 2.24) is 30.1 Å². The summed E-state index contributed by atoms with van der Waals surface area (Å²) < 4.78 is 15.4. The van der Waals surface area contributed by atoms with Gasteiger partial charge in [0.1, 0.15) is 0 Å². The lowest BCUT2D eigenvalue weighted by molar-refractivity contribution is -0.0296. The molecule has 1 N–H and O–H groups in total. The van der Waals surface area contributed by atoms with E-state index in [2.05, 4.69) is 71.6 Å². The normalized spacial score (nSPS) is 23.6. The predicted octanol–water partition coefficient (Wildman–Crippen LogP) is 3.29. The monoisotopic (exact) mass is 418 g/mol. The number of ether oxygens (including phenoxy) is 2. The molecule has 0 aromatic carbocycles. The number of hydrogen-bond donors (Lipinski definition) is 1. The predicted molar refractivity (Wildman–Crippen MR) is 116 cm³/mol. The number of tetrazole rings is 1. The van der Waals surface area contributed by atoms with Crippen LogP contribution in [0.2, 0.25) is 0 Å². The van der Waals surface area contributed by atoms with Crippen LogP contribution in [-0.4, -0.2) is 56.7 Å². The summed E-state index contributed by atoms with van der Waals surface area (Å²) in [5.41, 5.74) is 1.19. The van der Waals surface area contributed by atoms with E-state index in [1.165, 1.54) is 5.56 Å². The Balaban J connectivity index is 1.83. The summed E-state index contributed by atoms with van der Waals surface area (Å²) in [5, 5.41) is 16.5. The Labute approximate surface area is 180 Å². The van der Waals surface area contributed by atoms with E-state index in [4.69, 9.17) is 9.47 Å². The van der Waals surface area contributed by atoms with Gasteiger partial charge in [-0.3, -0.25) is 0 Å². The highest BCUT2D eigenvalue weighted by atomic mass is 16.5. The second-order valence-corrected chi connectivity index (χ2v) is 9.51. The fourth-order valence-corrected chi connectivity index (χ4v) is 4.03. The Kier molecular flexibility index (Phi) is 7.31. The van der Waals surface area contributed by atoms with Crippen molar-refractivity contribution in [3.8, 4) is 0 Å². The highest BCUT2D eigenvalue weighted by Crippen LogP contribution is 2.33. The van der Waals surface area contributed by atoms with E-state index in [0.29, 0.717) is 25.8 Å². The van der Waals surface area contributed by atoms with E-state index in [-0.39, 0.29) is 17.2 Å². The van der Waals surface area contributed by atoms with Crippen molar-refractivity contribution in [3.05, 3.63) is 29.8 Å². The summed E-state index contributed by atoms with van der Waals surface area (Å²) in [6.45, 7) is 12.7. The highest BCUT2D eigenvalue weighted by Gasteiger charge is 2.33. The van der Waals surface area contributed by atoms with Crippen LogP contribution in [0.4, 0.5) is 0 Å². The van der Waals surface area contributed by atoms with Crippen LogP contribution in [0.15, 0.2) is 18.5 Å². The Morgan fingerprint density at radius 3 is 2.63 bits per heavy atom. The smallest absolute Gasteiger partial charge is 0.172 e. The first-order valence-electron chi connectivity index (χ1n) is 11.1. The van der Waals surface area contributed by atoms with Crippen molar-refractivity contribution >= 4 is 0 Å². The van der Waals surface area contributed by atoms with E-state index >= 15 is 0 Å². The minimum absolute atomic E-state index is 0.0116. The van der Waals surface area contributed by atoms with Crippen LogP contribution in [0.25, 0.3) is 0 Å². The lowest BCUT2D eigenvalue weighted by Gasteiger charge is -2.37. The Bertz CT molecular complexity index is 786. The number of methoxy groups -OCH3 is 1. The molecule has 3 rings (SSSR count). The number of aromatic nitrogens is 5. The van der Waals surface area contributed by atoms with Gasteiger partial charge in [-0.1, -0.05) is 0 Å². The van der Waals surface area contributed by atoms with Gasteiger partial charge in [0, 0.05) is 37.7 Å². The molecular weight excluding hydrogens is 380 g/mol. The molecule has 30 heavy (non-hydrogen) atoms. The molecule has 1 atom stereocenters. The van der Waals surface area contributed by atoms with Crippen molar-refractivity contribution in [1.29, 1.82) is 0 Å². The van der Waals surface area contributed by atoms with Crippen molar-refractivity contribution in [2.45, 2.75) is 90.1 Å². The SMILES string of the molecule is CCOCCn1nnnc1C(NC1CCC(C)(OC)CC1)c1ccn(C(C)(C)C)c1. The van der Waals surface area contributed by atoms with Gasteiger partial charge in [-0.15, -0.1) is 5.10 Å². The number of hydrogen-bond acceptors (Lipinski definition) is 6. The second-order valence-electron chi connectivity index (χ2n) is 9.51. The molecule has 8 heteroatoms. The molecule has 1 fully saturated rings. The fraction of sp³-hybridized carbons (Fsp3) is 0.773. The van der Waals surface area contributed by atoms with Crippen LogP contribution in [-0.2, 0) is 21.6 Å². The van der Waals surface area contributed by atoms with Crippen LogP contribution < -0.4 is 5.32 Å². The van der Waals surface area contributed by atoms with Crippen LogP contribution in [0.3, 0.4) is 0 Å². The molecule has 0 spiro atoms. The third-order valence-corrected chi connectivity index (χ3v) is 6.23. The summed E-state index contributed by atoms with van der Waals surface area (Å²) in [4.78, 5) is 0. The first kappa shape index (κ1) is 22.9. The molecule has 0 radical (unpaired) electrons. The summed E-state index contributed by atoms with van der Waals surface area (Å²) >= 11 is 0. The summed E-state index contributed by atoms with van der Waals surface area (Å²) in [5.74, 6) is 0.835. The van der Waals surface area contributed by atoms with E-state index in [9.17, 15) is 0 Å². The van der Waals surface area contributed by atoms with Gasteiger partial charge in [0.05, 0.1) is 24.8 Å². The van der Waals surface area contributed by atoms with Crippen LogP contribution in [0.5, 0.6) is 0 Å². The van der Waals surface area contributed by atoms with E-state index in [0.717, 1.165) is 31.5 Å². The first-order valence-corrected chi connectivity index (χ1v) is 11.1. The molecule has 1 saturated carbocycles. The van der Waals surface area contributed by atoms with Crippen LogP contribution >= 0.6 is 0 Å². The molecule has 2 aromatic heterocycles. The average molecular weight is 419 g/mol. The van der Waals surface area contributed by atoms with Crippen molar-refractivity contribution < 1.29 is 9.47 Å². The van der Waals surface area contributed by atoms with Gasteiger partial charge >= 0.3 is 0 Å². The molecule has 1 aliphatic rings. The molecule has 1 unspecified atom stereocenters. The summed E-state index contributed by atoms with van der Waals surface area (Å²) in [6.07, 6.45) is 8.59. The third kappa shape index (κ3) is 5.47. The molecule has 2 heterocycles. The molecule has 1 aliphatic carbocycles. The fourth-order valence-electron chi connectivity index (χ4n) is 4.03. The van der Waals surface area contributed by atoms with E-state index < -0.39 is 0 Å². The highest BCUT2D eigenvalue weighted by molar-refractivity contribution is 5.23. The van der Waals surface area contributed by atoms with Gasteiger partial charge in [0.25, 0.3) is 0 Å². The Morgan fingerprint density at radius 1 is 1.30 bits per heavy atom. The molecule has 8 nitrogen and oxygen atoms in total. The van der Waals surface area contributed by atoms with Gasteiger partial charge < -0.3 is 19.4 Å². The van der Waals surface area contributed by atoms with Gasteiger partial charge in [-0.25, -0.2) is 4.68 Å². The first-order chi connectivity index (χ1) is 14.3. The van der Waals surface area contributed by atoms with Gasteiger partial charge in [-0.05, 0) is 82.4 Å². The minimum atomic E-state index is -0.0675. The molecule has 0 aliphatic heterocycles.